The molecule has 142 valence electrons. The Hall–Kier alpha value is -2.62. The van der Waals surface area contributed by atoms with E-state index in [1.807, 2.05) is 74.2 Å². The number of carbonyl (C=O) groups excluding carboxylic acids is 2. The summed E-state index contributed by atoms with van der Waals surface area (Å²) in [7, 11) is 0. The Morgan fingerprint density at radius 3 is 2.44 bits per heavy atom. The number of nitrogens with zero attached hydrogens (tertiary/aromatic N) is 2. The fourth-order valence-electron chi connectivity index (χ4n) is 3.55. The lowest BCUT2D eigenvalue weighted by atomic mass is 10.0. The molecule has 1 atom stereocenters. The van der Waals surface area contributed by atoms with Gasteiger partial charge in [-0.2, -0.15) is 0 Å². The van der Waals surface area contributed by atoms with Gasteiger partial charge in [-0.15, -0.1) is 0 Å². The van der Waals surface area contributed by atoms with Crippen LogP contribution in [0.2, 0.25) is 0 Å². The summed E-state index contributed by atoms with van der Waals surface area (Å²) in [6.45, 7) is 9.19. The molecule has 4 heteroatoms. The van der Waals surface area contributed by atoms with Crippen LogP contribution in [0.3, 0.4) is 0 Å². The molecule has 1 saturated heterocycles. The van der Waals surface area contributed by atoms with Crippen molar-refractivity contribution in [1.82, 2.24) is 4.90 Å². The van der Waals surface area contributed by atoms with Crippen LogP contribution < -0.4 is 4.90 Å². The average Bonchev–Trinajstić information content (AvgIpc) is 3.04. The first-order valence-electron chi connectivity index (χ1n) is 9.59. The van der Waals surface area contributed by atoms with E-state index in [4.69, 9.17) is 0 Å². The van der Waals surface area contributed by atoms with Gasteiger partial charge < -0.3 is 9.80 Å². The van der Waals surface area contributed by atoms with E-state index in [9.17, 15) is 9.59 Å². The Morgan fingerprint density at radius 1 is 1.11 bits per heavy atom. The molecule has 0 bridgehead atoms. The lowest BCUT2D eigenvalue weighted by molar-refractivity contribution is -0.138. The van der Waals surface area contributed by atoms with E-state index in [1.54, 1.807) is 4.90 Å². The van der Waals surface area contributed by atoms with Crippen molar-refractivity contribution in [1.29, 1.82) is 0 Å². The predicted octanol–water partition coefficient (Wildman–Crippen LogP) is 4.09. The monoisotopic (exact) mass is 364 g/mol. The highest BCUT2D eigenvalue weighted by atomic mass is 16.2. The number of aryl methyl sites for hydroxylation is 2. The van der Waals surface area contributed by atoms with Crippen LogP contribution in [-0.2, 0) is 16.1 Å². The van der Waals surface area contributed by atoms with Gasteiger partial charge in [0.2, 0.25) is 11.8 Å². The Labute approximate surface area is 161 Å². The van der Waals surface area contributed by atoms with Gasteiger partial charge in [0.05, 0.1) is 5.92 Å². The quantitative estimate of drug-likeness (QED) is 0.802. The molecule has 1 fully saturated rings. The Morgan fingerprint density at radius 2 is 1.81 bits per heavy atom. The summed E-state index contributed by atoms with van der Waals surface area (Å²) >= 11 is 0. The standard InChI is InChI=1S/C23H28N2O2/c1-16(2)24(14-19-8-6-5-7-9-19)23(27)20-13-22(26)25(15-20)21-11-10-17(3)18(4)12-21/h5-12,16,20H,13-15H2,1-4H3/t20-/m1/s1. The van der Waals surface area contributed by atoms with Gasteiger partial charge in [0.15, 0.2) is 0 Å². The number of amides is 2. The van der Waals surface area contributed by atoms with Gasteiger partial charge in [-0.1, -0.05) is 36.4 Å². The van der Waals surface area contributed by atoms with Crippen molar-refractivity contribution >= 4 is 17.5 Å². The lowest BCUT2D eigenvalue weighted by Crippen LogP contribution is -2.41. The van der Waals surface area contributed by atoms with Crippen molar-refractivity contribution in [2.75, 3.05) is 11.4 Å². The summed E-state index contributed by atoms with van der Waals surface area (Å²) in [5.41, 5.74) is 4.35. The van der Waals surface area contributed by atoms with Crippen molar-refractivity contribution in [3.05, 3.63) is 65.2 Å². The molecule has 1 aliphatic rings. The van der Waals surface area contributed by atoms with Crippen LogP contribution in [-0.4, -0.2) is 29.3 Å². The van der Waals surface area contributed by atoms with E-state index in [1.165, 1.54) is 5.56 Å². The largest absolute Gasteiger partial charge is 0.336 e. The average molecular weight is 364 g/mol. The van der Waals surface area contributed by atoms with Gasteiger partial charge in [0, 0.05) is 31.2 Å². The van der Waals surface area contributed by atoms with Gasteiger partial charge in [-0.3, -0.25) is 9.59 Å². The third-order valence-corrected chi connectivity index (χ3v) is 5.38. The summed E-state index contributed by atoms with van der Waals surface area (Å²) in [6.07, 6.45) is 0.282. The highest BCUT2D eigenvalue weighted by Crippen LogP contribution is 2.28. The Balaban J connectivity index is 1.76. The molecule has 2 aromatic rings. The fraction of sp³-hybridized carbons (Fsp3) is 0.391. The van der Waals surface area contributed by atoms with E-state index in [0.29, 0.717) is 13.1 Å². The molecule has 1 aliphatic heterocycles. The highest BCUT2D eigenvalue weighted by molar-refractivity contribution is 6.00. The highest BCUT2D eigenvalue weighted by Gasteiger charge is 2.37. The minimum Gasteiger partial charge on any atom is -0.336 e. The number of hydrogen-bond donors (Lipinski definition) is 0. The number of carbonyl (C=O) groups is 2. The van der Waals surface area contributed by atoms with Crippen LogP contribution in [0.4, 0.5) is 5.69 Å². The van der Waals surface area contributed by atoms with Gasteiger partial charge in [0.25, 0.3) is 0 Å². The second-order valence-electron chi connectivity index (χ2n) is 7.72. The molecular formula is C23H28N2O2. The maximum atomic E-state index is 13.2. The van der Waals surface area contributed by atoms with Crippen LogP contribution in [0.1, 0.15) is 37.0 Å². The SMILES string of the molecule is Cc1ccc(N2C[C@H](C(=O)N(Cc3ccccc3)C(C)C)CC2=O)cc1C. The van der Waals surface area contributed by atoms with E-state index < -0.39 is 0 Å². The minimum absolute atomic E-state index is 0.0278. The smallest absolute Gasteiger partial charge is 0.228 e. The summed E-state index contributed by atoms with van der Waals surface area (Å²) in [4.78, 5) is 29.4. The molecule has 1 heterocycles. The molecule has 0 radical (unpaired) electrons. The molecule has 0 aromatic heterocycles. The van der Waals surface area contributed by atoms with E-state index in [2.05, 4.69) is 6.92 Å². The van der Waals surface area contributed by atoms with E-state index in [-0.39, 0.29) is 30.2 Å². The third-order valence-electron chi connectivity index (χ3n) is 5.38. The van der Waals surface area contributed by atoms with Crippen molar-refractivity contribution in [2.24, 2.45) is 5.92 Å². The van der Waals surface area contributed by atoms with Crippen molar-refractivity contribution in [2.45, 2.75) is 46.7 Å². The summed E-state index contributed by atoms with van der Waals surface area (Å²) in [5.74, 6) is -0.196. The molecule has 27 heavy (non-hydrogen) atoms. The topological polar surface area (TPSA) is 40.6 Å². The van der Waals surface area contributed by atoms with Gasteiger partial charge >= 0.3 is 0 Å². The molecule has 2 aromatic carbocycles. The van der Waals surface area contributed by atoms with Crippen LogP contribution in [0.5, 0.6) is 0 Å². The molecule has 4 nitrogen and oxygen atoms in total. The zero-order valence-electron chi connectivity index (χ0n) is 16.6. The van der Waals surface area contributed by atoms with Crippen LogP contribution in [0.25, 0.3) is 0 Å². The number of anilines is 1. The van der Waals surface area contributed by atoms with Gasteiger partial charge in [0.1, 0.15) is 0 Å². The first kappa shape index (κ1) is 19.2. The summed E-state index contributed by atoms with van der Waals surface area (Å²) < 4.78 is 0. The second kappa shape index (κ2) is 7.95. The van der Waals surface area contributed by atoms with Crippen LogP contribution >= 0.6 is 0 Å². The Kier molecular flexibility index (Phi) is 5.64. The number of benzene rings is 2. The van der Waals surface area contributed by atoms with Crippen LogP contribution in [0.15, 0.2) is 48.5 Å². The molecular weight excluding hydrogens is 336 g/mol. The maximum Gasteiger partial charge on any atom is 0.228 e. The van der Waals surface area contributed by atoms with E-state index in [0.717, 1.165) is 16.8 Å². The number of rotatable bonds is 5. The fourth-order valence-corrected chi connectivity index (χ4v) is 3.55. The van der Waals surface area contributed by atoms with Crippen LogP contribution in [0, 0.1) is 19.8 Å². The first-order valence-corrected chi connectivity index (χ1v) is 9.59. The molecule has 0 unspecified atom stereocenters. The minimum atomic E-state index is -0.287. The van der Waals surface area contributed by atoms with Crippen molar-refractivity contribution < 1.29 is 9.59 Å². The summed E-state index contributed by atoms with van der Waals surface area (Å²) in [6, 6.07) is 16.1. The van der Waals surface area contributed by atoms with Crippen molar-refractivity contribution in [3.63, 3.8) is 0 Å². The summed E-state index contributed by atoms with van der Waals surface area (Å²) in [5, 5.41) is 0. The van der Waals surface area contributed by atoms with Gasteiger partial charge in [-0.05, 0) is 56.5 Å². The Bertz CT molecular complexity index is 830. The molecule has 0 saturated carbocycles. The lowest BCUT2D eigenvalue weighted by Gasteiger charge is -2.29. The zero-order chi connectivity index (χ0) is 19.6. The maximum absolute atomic E-state index is 13.2. The molecule has 0 aliphatic carbocycles. The number of hydrogen-bond acceptors (Lipinski definition) is 2. The first-order chi connectivity index (χ1) is 12.9. The third kappa shape index (κ3) is 4.21. The molecule has 0 spiro atoms. The van der Waals surface area contributed by atoms with E-state index >= 15 is 0 Å². The zero-order valence-corrected chi connectivity index (χ0v) is 16.6. The predicted molar refractivity (Wildman–Crippen MR) is 109 cm³/mol. The molecule has 2 amide bonds. The normalized spacial score (nSPS) is 16.9. The van der Waals surface area contributed by atoms with Gasteiger partial charge in [-0.25, -0.2) is 0 Å². The second-order valence-corrected chi connectivity index (χ2v) is 7.72. The molecule has 0 N–H and O–H groups in total. The molecule has 3 rings (SSSR count). The van der Waals surface area contributed by atoms with Crippen molar-refractivity contribution in [3.8, 4) is 0 Å².